The van der Waals surface area contributed by atoms with Crippen LogP contribution in [0.1, 0.15) is 24.0 Å². The van der Waals surface area contributed by atoms with E-state index in [0.717, 1.165) is 46.7 Å². The third kappa shape index (κ3) is 6.44. The lowest BCUT2D eigenvalue weighted by Crippen LogP contribution is -2.27. The molecule has 0 spiro atoms. The van der Waals surface area contributed by atoms with Gasteiger partial charge < -0.3 is 10.1 Å². The normalized spacial score (nSPS) is 13.4. The summed E-state index contributed by atoms with van der Waals surface area (Å²) in [5.74, 6) is 1.34. The number of nitrogens with one attached hydrogen (secondary N) is 2. The summed E-state index contributed by atoms with van der Waals surface area (Å²) in [6.07, 6.45) is 3.36. The van der Waals surface area contributed by atoms with Crippen molar-refractivity contribution in [2.24, 2.45) is 0 Å². The maximum Gasteiger partial charge on any atom is 0.216 e. The fourth-order valence-electron chi connectivity index (χ4n) is 3.66. The summed E-state index contributed by atoms with van der Waals surface area (Å²) in [5.41, 5.74) is 4.24. The Morgan fingerprint density at radius 1 is 0.857 bits per heavy atom. The minimum absolute atomic E-state index is 0.0266. The van der Waals surface area contributed by atoms with Crippen LogP contribution in [0, 0.1) is 0 Å². The second-order valence-corrected chi connectivity index (χ2v) is 10.3. The van der Waals surface area contributed by atoms with Crippen LogP contribution in [0.3, 0.4) is 0 Å². The summed E-state index contributed by atoms with van der Waals surface area (Å²) in [6.45, 7) is 0.465. The standard InChI is InChI=1S/C27H26N4O3S/c32-35(33,31-23-14-15-23)18-21-10-12-22(13-11-21)30-27-16-25(28-19-29-27)24-8-4-5-9-26(24)34-17-20-6-2-1-3-7-20/h1-13,16,19,23,31H,14-15,17-18H2,(H,28,29,30). The second kappa shape index (κ2) is 10.2. The fraction of sp³-hybridized carbons (Fsp3) is 0.185. The highest BCUT2D eigenvalue weighted by Crippen LogP contribution is 2.30. The summed E-state index contributed by atoms with van der Waals surface area (Å²) < 4.78 is 33.2. The van der Waals surface area contributed by atoms with Crippen molar-refractivity contribution in [2.75, 3.05) is 5.32 Å². The van der Waals surface area contributed by atoms with Gasteiger partial charge in [-0.15, -0.1) is 0 Å². The number of hydrogen-bond acceptors (Lipinski definition) is 6. The van der Waals surface area contributed by atoms with Crippen molar-refractivity contribution in [3.05, 3.63) is 102 Å². The van der Waals surface area contributed by atoms with Gasteiger partial charge in [0.15, 0.2) is 0 Å². The fourth-order valence-corrected chi connectivity index (χ4v) is 5.12. The van der Waals surface area contributed by atoms with Crippen LogP contribution in [0.25, 0.3) is 11.3 Å². The summed E-state index contributed by atoms with van der Waals surface area (Å²) in [6, 6.07) is 27.1. The molecule has 178 valence electrons. The SMILES string of the molecule is O=S(=O)(Cc1ccc(Nc2cc(-c3ccccc3OCc3ccccc3)ncn2)cc1)NC1CC1. The van der Waals surface area contributed by atoms with Crippen LogP contribution in [0.15, 0.2) is 91.3 Å². The van der Waals surface area contributed by atoms with Crippen molar-refractivity contribution in [3.8, 4) is 17.0 Å². The number of para-hydroxylation sites is 1. The zero-order chi connectivity index (χ0) is 24.1. The first kappa shape index (κ1) is 23.0. The van der Waals surface area contributed by atoms with Crippen molar-refractivity contribution in [1.29, 1.82) is 0 Å². The van der Waals surface area contributed by atoms with Gasteiger partial charge in [0.25, 0.3) is 0 Å². The molecule has 1 heterocycles. The first-order valence-corrected chi connectivity index (χ1v) is 13.1. The van der Waals surface area contributed by atoms with E-state index in [2.05, 4.69) is 20.0 Å². The smallest absolute Gasteiger partial charge is 0.216 e. The topological polar surface area (TPSA) is 93.2 Å². The van der Waals surface area contributed by atoms with Gasteiger partial charge in [-0.05, 0) is 48.2 Å². The zero-order valence-electron chi connectivity index (χ0n) is 19.1. The van der Waals surface area contributed by atoms with Crippen molar-refractivity contribution >= 4 is 21.5 Å². The highest BCUT2D eigenvalue weighted by molar-refractivity contribution is 7.88. The molecule has 1 aliphatic carbocycles. The Hall–Kier alpha value is -3.75. The molecule has 0 amide bonds. The molecular formula is C27H26N4O3S. The highest BCUT2D eigenvalue weighted by Gasteiger charge is 2.26. The minimum atomic E-state index is -3.31. The van der Waals surface area contributed by atoms with Gasteiger partial charge in [-0.2, -0.15) is 0 Å². The molecule has 0 atom stereocenters. The van der Waals surface area contributed by atoms with Gasteiger partial charge in [-0.25, -0.2) is 23.1 Å². The number of hydrogen-bond donors (Lipinski definition) is 2. The predicted molar refractivity (Wildman–Crippen MR) is 137 cm³/mol. The van der Waals surface area contributed by atoms with Crippen LogP contribution in [-0.2, 0) is 22.4 Å². The molecule has 0 unspecified atom stereocenters. The zero-order valence-corrected chi connectivity index (χ0v) is 19.9. The van der Waals surface area contributed by atoms with E-state index in [-0.39, 0.29) is 11.8 Å². The quantitative estimate of drug-likeness (QED) is 0.326. The van der Waals surface area contributed by atoms with E-state index in [9.17, 15) is 8.42 Å². The van der Waals surface area contributed by atoms with Crippen molar-refractivity contribution in [1.82, 2.24) is 14.7 Å². The van der Waals surface area contributed by atoms with Crippen molar-refractivity contribution in [3.63, 3.8) is 0 Å². The van der Waals surface area contributed by atoms with Crippen LogP contribution in [-0.4, -0.2) is 24.4 Å². The molecule has 0 saturated heterocycles. The largest absolute Gasteiger partial charge is 0.488 e. The number of anilines is 2. The van der Waals surface area contributed by atoms with E-state index < -0.39 is 10.0 Å². The van der Waals surface area contributed by atoms with Gasteiger partial charge in [-0.1, -0.05) is 54.6 Å². The molecule has 3 aromatic carbocycles. The van der Waals surface area contributed by atoms with E-state index in [1.54, 1.807) is 0 Å². The van der Waals surface area contributed by atoms with Gasteiger partial charge in [0.1, 0.15) is 24.5 Å². The van der Waals surface area contributed by atoms with E-state index in [4.69, 9.17) is 4.74 Å². The van der Waals surface area contributed by atoms with E-state index in [1.165, 1.54) is 6.33 Å². The molecule has 35 heavy (non-hydrogen) atoms. The monoisotopic (exact) mass is 486 g/mol. The van der Waals surface area contributed by atoms with E-state index >= 15 is 0 Å². The van der Waals surface area contributed by atoms with Crippen molar-refractivity contribution < 1.29 is 13.2 Å². The number of ether oxygens (including phenoxy) is 1. The Balaban J connectivity index is 1.27. The molecule has 0 radical (unpaired) electrons. The maximum absolute atomic E-state index is 12.2. The van der Waals surface area contributed by atoms with Gasteiger partial charge in [0.05, 0.1) is 11.4 Å². The number of aromatic nitrogens is 2. The number of sulfonamides is 1. The Bertz CT molecular complexity index is 1390. The third-order valence-corrected chi connectivity index (χ3v) is 6.98. The number of nitrogens with zero attached hydrogens (tertiary/aromatic N) is 2. The Morgan fingerprint density at radius 2 is 1.60 bits per heavy atom. The molecule has 1 aromatic heterocycles. The lowest BCUT2D eigenvalue weighted by atomic mass is 10.1. The first-order chi connectivity index (χ1) is 17.0. The molecule has 1 fully saturated rings. The highest BCUT2D eigenvalue weighted by atomic mass is 32.2. The summed E-state index contributed by atoms with van der Waals surface area (Å²) in [5, 5.41) is 3.27. The molecule has 2 N–H and O–H groups in total. The molecule has 1 aliphatic rings. The van der Waals surface area contributed by atoms with Crippen molar-refractivity contribution in [2.45, 2.75) is 31.2 Å². The third-order valence-electron chi connectivity index (χ3n) is 5.57. The number of benzene rings is 3. The molecule has 7 nitrogen and oxygen atoms in total. The van der Waals surface area contributed by atoms with Gasteiger partial charge in [0.2, 0.25) is 10.0 Å². The van der Waals surface area contributed by atoms with Crippen LogP contribution in [0.4, 0.5) is 11.5 Å². The molecule has 0 aliphatic heterocycles. The number of rotatable bonds is 10. The molecule has 8 heteroatoms. The molecular weight excluding hydrogens is 460 g/mol. The minimum Gasteiger partial charge on any atom is -0.488 e. The van der Waals surface area contributed by atoms with Crippen LogP contribution >= 0.6 is 0 Å². The lowest BCUT2D eigenvalue weighted by molar-refractivity contribution is 0.307. The van der Waals surface area contributed by atoms with Crippen LogP contribution < -0.4 is 14.8 Å². The summed E-state index contributed by atoms with van der Waals surface area (Å²) >= 11 is 0. The van der Waals surface area contributed by atoms with Gasteiger partial charge >= 0.3 is 0 Å². The average Bonchev–Trinajstić information content (AvgIpc) is 3.68. The Morgan fingerprint density at radius 3 is 2.37 bits per heavy atom. The summed E-state index contributed by atoms with van der Waals surface area (Å²) in [7, 11) is -3.31. The molecule has 1 saturated carbocycles. The van der Waals surface area contributed by atoms with E-state index in [0.29, 0.717) is 12.4 Å². The maximum atomic E-state index is 12.2. The van der Waals surface area contributed by atoms with E-state index in [1.807, 2.05) is 84.9 Å². The molecule has 4 aromatic rings. The first-order valence-electron chi connectivity index (χ1n) is 11.5. The van der Waals surface area contributed by atoms with Crippen LogP contribution in [0.5, 0.6) is 5.75 Å². The molecule has 0 bridgehead atoms. The van der Waals surface area contributed by atoms with Crippen LogP contribution in [0.2, 0.25) is 0 Å². The summed E-state index contributed by atoms with van der Waals surface area (Å²) in [4.78, 5) is 8.78. The molecule has 5 rings (SSSR count). The Kier molecular flexibility index (Phi) is 6.74. The Labute approximate surface area is 205 Å². The predicted octanol–water partition coefficient (Wildman–Crippen LogP) is 5.05. The average molecular weight is 487 g/mol. The van der Waals surface area contributed by atoms with Gasteiger partial charge in [0, 0.05) is 23.4 Å². The lowest BCUT2D eigenvalue weighted by Gasteiger charge is -2.12. The van der Waals surface area contributed by atoms with Gasteiger partial charge in [-0.3, -0.25) is 0 Å². The second-order valence-electron chi connectivity index (χ2n) is 8.53.